The number of aliphatic hydroxyl groups is 1. The van der Waals surface area contributed by atoms with Gasteiger partial charge in [0.05, 0.1) is 12.6 Å². The van der Waals surface area contributed by atoms with Gasteiger partial charge in [0.25, 0.3) is 5.92 Å². The number of aliphatic hydroxyl groups excluding tert-OH is 1. The Hall–Kier alpha value is -2.91. The summed E-state index contributed by atoms with van der Waals surface area (Å²) in [6.07, 6.45) is 6.63. The van der Waals surface area contributed by atoms with E-state index in [2.05, 4.69) is 25.9 Å². The number of hydrogen-bond donors (Lipinski definition) is 2. The predicted molar refractivity (Wildman–Crippen MR) is 125 cm³/mol. The molecule has 7 nitrogen and oxygen atoms in total. The minimum atomic E-state index is -3.22. The maximum Gasteiger partial charge on any atom is 0.283 e. The first-order valence-electron chi connectivity index (χ1n) is 11.8. The Balaban J connectivity index is 1.51. The van der Waals surface area contributed by atoms with Gasteiger partial charge in [-0.1, -0.05) is 18.2 Å². The van der Waals surface area contributed by atoms with Gasteiger partial charge in [-0.2, -0.15) is 0 Å². The van der Waals surface area contributed by atoms with Crippen LogP contribution in [0.1, 0.15) is 42.6 Å². The van der Waals surface area contributed by atoms with Crippen LogP contribution < -0.4 is 4.90 Å². The number of H-pyrrole nitrogens is 1. The van der Waals surface area contributed by atoms with Crippen LogP contribution in [0.4, 0.5) is 14.7 Å². The lowest BCUT2D eigenvalue weighted by Gasteiger charge is -2.42. The monoisotopic (exact) mass is 469 g/mol. The first-order valence-corrected chi connectivity index (χ1v) is 11.8. The molecule has 2 aliphatic heterocycles. The van der Waals surface area contributed by atoms with E-state index in [1.54, 1.807) is 17.3 Å². The van der Waals surface area contributed by atoms with E-state index in [0.717, 1.165) is 46.9 Å². The molecule has 0 aliphatic carbocycles. The summed E-state index contributed by atoms with van der Waals surface area (Å²) in [7, 11) is 0. The van der Waals surface area contributed by atoms with E-state index in [1.165, 1.54) is 0 Å². The summed E-state index contributed by atoms with van der Waals surface area (Å²) >= 11 is 0. The molecule has 2 aromatic heterocycles. The normalized spacial score (nSPS) is 22.2. The Kier molecular flexibility index (Phi) is 6.07. The molecule has 0 saturated carbocycles. The molecular formula is C25H29F2N5O2. The van der Waals surface area contributed by atoms with Crippen molar-refractivity contribution in [2.45, 2.75) is 44.2 Å². The van der Waals surface area contributed by atoms with Crippen LogP contribution in [0.3, 0.4) is 0 Å². The van der Waals surface area contributed by atoms with Gasteiger partial charge < -0.3 is 19.8 Å². The molecule has 1 fully saturated rings. The SMILES string of the molecule is C[C@@H]1Cc2c([nH]c3ccccc23)[C@@H](c2cnc(N3CCC(C=O)CC3)nc2)N1CC(F)(F)CO. The standard InChI is InChI=1S/C25H29F2N5O2/c1-16-10-20-19-4-2-3-5-21(19)30-22(20)23(32(16)14-25(26,27)15-34)18-11-28-24(29-12-18)31-8-6-17(13-33)7-9-31/h2-5,11-13,16-17,23,30,34H,6-10,14-15H2,1H3/t16-,23-/m1/s1. The van der Waals surface area contributed by atoms with E-state index in [4.69, 9.17) is 0 Å². The number of nitrogens with one attached hydrogen (secondary N) is 1. The van der Waals surface area contributed by atoms with Crippen LogP contribution in [0.2, 0.25) is 0 Å². The maximum atomic E-state index is 14.4. The molecule has 0 spiro atoms. The Labute approximate surface area is 196 Å². The second-order valence-corrected chi connectivity index (χ2v) is 9.48. The van der Waals surface area contributed by atoms with Gasteiger partial charge in [0.1, 0.15) is 12.9 Å². The lowest BCUT2D eigenvalue weighted by molar-refractivity contribution is -0.111. The fraction of sp³-hybridized carbons (Fsp3) is 0.480. The number of aldehydes is 1. The highest BCUT2D eigenvalue weighted by molar-refractivity contribution is 5.85. The molecular weight excluding hydrogens is 440 g/mol. The van der Waals surface area contributed by atoms with E-state index in [0.29, 0.717) is 25.5 Å². The Morgan fingerprint density at radius 1 is 1.21 bits per heavy atom. The number of anilines is 1. The van der Waals surface area contributed by atoms with Gasteiger partial charge >= 0.3 is 0 Å². The molecule has 0 radical (unpaired) electrons. The molecule has 1 aromatic carbocycles. The summed E-state index contributed by atoms with van der Waals surface area (Å²) in [5.41, 5.74) is 3.68. The van der Waals surface area contributed by atoms with Crippen LogP contribution in [-0.2, 0) is 11.2 Å². The number of hydrogen-bond acceptors (Lipinski definition) is 6. The zero-order chi connectivity index (χ0) is 23.9. The summed E-state index contributed by atoms with van der Waals surface area (Å²) in [4.78, 5) is 27.5. The Morgan fingerprint density at radius 2 is 1.91 bits per heavy atom. The van der Waals surface area contributed by atoms with E-state index >= 15 is 0 Å². The molecule has 34 heavy (non-hydrogen) atoms. The fourth-order valence-electron chi connectivity index (χ4n) is 5.30. The second-order valence-electron chi connectivity index (χ2n) is 9.48. The number of halogens is 2. The molecule has 0 unspecified atom stereocenters. The summed E-state index contributed by atoms with van der Waals surface area (Å²) < 4.78 is 28.8. The van der Waals surface area contributed by atoms with Gasteiger partial charge in [-0.25, -0.2) is 18.7 Å². The molecule has 3 aromatic rings. The number of carbonyl (C=O) groups excluding carboxylic acids is 1. The molecule has 5 rings (SSSR count). The van der Waals surface area contributed by atoms with E-state index in [9.17, 15) is 18.7 Å². The molecule has 0 bridgehead atoms. The first kappa shape index (κ1) is 22.9. The summed E-state index contributed by atoms with van der Waals surface area (Å²) in [5.74, 6) is -2.55. The fourth-order valence-corrected chi connectivity index (χ4v) is 5.30. The molecule has 2 aliphatic rings. The minimum absolute atomic E-state index is 0.0847. The topological polar surface area (TPSA) is 85.4 Å². The zero-order valence-electron chi connectivity index (χ0n) is 19.1. The number of piperidine rings is 1. The van der Waals surface area contributed by atoms with E-state index in [-0.39, 0.29) is 12.0 Å². The van der Waals surface area contributed by atoms with Crippen LogP contribution in [-0.4, -0.2) is 69.5 Å². The van der Waals surface area contributed by atoms with Crippen LogP contribution in [0.15, 0.2) is 36.7 Å². The van der Waals surface area contributed by atoms with Crippen LogP contribution in [0.5, 0.6) is 0 Å². The quantitative estimate of drug-likeness (QED) is 0.539. The highest BCUT2D eigenvalue weighted by Crippen LogP contribution is 2.41. The number of para-hydroxylation sites is 1. The van der Waals surface area contributed by atoms with Crippen LogP contribution >= 0.6 is 0 Å². The third-order valence-corrected chi connectivity index (χ3v) is 7.15. The van der Waals surface area contributed by atoms with Gasteiger partial charge in [-0.15, -0.1) is 0 Å². The summed E-state index contributed by atoms with van der Waals surface area (Å²) in [6.45, 7) is 1.60. The molecule has 4 heterocycles. The van der Waals surface area contributed by atoms with Gasteiger partial charge in [-0.05, 0) is 37.8 Å². The second kappa shape index (κ2) is 9.03. The molecule has 180 valence electrons. The van der Waals surface area contributed by atoms with Gasteiger partial charge in [0.2, 0.25) is 5.95 Å². The number of fused-ring (bicyclic) bond motifs is 3. The number of aromatic nitrogens is 3. The van der Waals surface area contributed by atoms with Gasteiger partial charge in [0, 0.05) is 59.6 Å². The minimum Gasteiger partial charge on any atom is -0.390 e. The van der Waals surface area contributed by atoms with Crippen molar-refractivity contribution < 1.29 is 18.7 Å². The molecule has 2 N–H and O–H groups in total. The van der Waals surface area contributed by atoms with Crippen LogP contribution in [0, 0.1) is 5.92 Å². The highest BCUT2D eigenvalue weighted by Gasteiger charge is 2.41. The molecule has 9 heteroatoms. The highest BCUT2D eigenvalue weighted by atomic mass is 19.3. The van der Waals surface area contributed by atoms with Gasteiger partial charge in [-0.3, -0.25) is 4.90 Å². The Bertz CT molecular complexity index is 1160. The largest absolute Gasteiger partial charge is 0.390 e. The summed E-state index contributed by atoms with van der Waals surface area (Å²) in [6, 6.07) is 7.31. The molecule has 0 amide bonds. The van der Waals surface area contributed by atoms with E-state index in [1.807, 2.05) is 25.1 Å². The van der Waals surface area contributed by atoms with Gasteiger partial charge in [0.15, 0.2) is 0 Å². The summed E-state index contributed by atoms with van der Waals surface area (Å²) in [5, 5.41) is 10.4. The van der Waals surface area contributed by atoms with Crippen molar-refractivity contribution in [2.75, 3.05) is 31.1 Å². The molecule has 2 atom stereocenters. The number of carbonyl (C=O) groups is 1. The van der Waals surface area contributed by atoms with Crippen molar-refractivity contribution in [1.29, 1.82) is 0 Å². The lowest BCUT2D eigenvalue weighted by atomic mass is 9.89. The number of benzene rings is 1. The lowest BCUT2D eigenvalue weighted by Crippen LogP contribution is -2.49. The first-order chi connectivity index (χ1) is 16.4. The third-order valence-electron chi connectivity index (χ3n) is 7.15. The van der Waals surface area contributed by atoms with Crippen molar-refractivity contribution in [2.24, 2.45) is 5.92 Å². The number of nitrogens with zero attached hydrogens (tertiary/aromatic N) is 4. The van der Waals surface area contributed by atoms with E-state index < -0.39 is 25.1 Å². The number of alkyl halides is 2. The van der Waals surface area contributed by atoms with Crippen molar-refractivity contribution in [3.8, 4) is 0 Å². The van der Waals surface area contributed by atoms with Crippen molar-refractivity contribution in [3.05, 3.63) is 53.5 Å². The zero-order valence-corrected chi connectivity index (χ0v) is 19.1. The molecule has 1 saturated heterocycles. The third kappa shape index (κ3) is 4.18. The number of aromatic amines is 1. The van der Waals surface area contributed by atoms with Crippen molar-refractivity contribution in [3.63, 3.8) is 0 Å². The van der Waals surface area contributed by atoms with Crippen molar-refractivity contribution in [1.82, 2.24) is 19.9 Å². The average Bonchev–Trinajstić information content (AvgIpc) is 3.22. The smallest absolute Gasteiger partial charge is 0.283 e. The predicted octanol–water partition coefficient (Wildman–Crippen LogP) is 3.34. The number of rotatable bonds is 6. The van der Waals surface area contributed by atoms with Crippen molar-refractivity contribution >= 4 is 23.1 Å². The maximum absolute atomic E-state index is 14.4. The average molecular weight is 470 g/mol. The van der Waals surface area contributed by atoms with Crippen LogP contribution in [0.25, 0.3) is 10.9 Å². The Morgan fingerprint density at radius 3 is 2.59 bits per heavy atom.